The molecule has 58 valence electrons. The van der Waals surface area contributed by atoms with E-state index in [0.29, 0.717) is 6.42 Å². The van der Waals surface area contributed by atoms with Crippen molar-refractivity contribution >= 4 is 5.91 Å². The molecule has 1 saturated heterocycles. The van der Waals surface area contributed by atoms with Gasteiger partial charge in [-0.25, -0.2) is 0 Å². The van der Waals surface area contributed by atoms with Crippen LogP contribution in [0.4, 0.5) is 0 Å². The molecule has 1 heterocycles. The van der Waals surface area contributed by atoms with E-state index in [9.17, 15) is 4.79 Å². The summed E-state index contributed by atoms with van der Waals surface area (Å²) in [5.74, 6) is 0.254. The van der Waals surface area contributed by atoms with Gasteiger partial charge in [0.25, 0.3) is 0 Å². The Morgan fingerprint density at radius 1 is 1.80 bits per heavy atom. The van der Waals surface area contributed by atoms with E-state index in [0.717, 1.165) is 19.5 Å². The summed E-state index contributed by atoms with van der Waals surface area (Å²) in [5.41, 5.74) is 5.67. The van der Waals surface area contributed by atoms with Gasteiger partial charge in [-0.05, 0) is 13.3 Å². The van der Waals surface area contributed by atoms with Gasteiger partial charge in [0.1, 0.15) is 0 Å². The normalized spacial score (nSPS) is 27.2. The Morgan fingerprint density at radius 2 is 2.50 bits per heavy atom. The average molecular weight is 142 g/mol. The molecule has 0 saturated carbocycles. The lowest BCUT2D eigenvalue weighted by atomic mass is 10.1. The van der Waals surface area contributed by atoms with Crippen molar-refractivity contribution in [2.24, 2.45) is 5.73 Å². The van der Waals surface area contributed by atoms with Crippen molar-refractivity contribution in [2.45, 2.75) is 25.8 Å². The lowest BCUT2D eigenvalue weighted by Crippen LogP contribution is -2.45. The van der Waals surface area contributed by atoms with Crippen LogP contribution in [0.5, 0.6) is 0 Å². The molecule has 0 spiro atoms. The number of piperidine rings is 1. The third kappa shape index (κ3) is 1.48. The van der Waals surface area contributed by atoms with Gasteiger partial charge in [0.15, 0.2) is 0 Å². The molecule has 1 fully saturated rings. The summed E-state index contributed by atoms with van der Waals surface area (Å²) < 4.78 is 0. The number of carbonyl (C=O) groups excluding carboxylic acids is 1. The number of carbonyl (C=O) groups is 1. The Morgan fingerprint density at radius 3 is 3.00 bits per heavy atom. The summed E-state index contributed by atoms with van der Waals surface area (Å²) in [6.07, 6.45) is 1.49. The average Bonchev–Trinajstić information content (AvgIpc) is 1.94. The molecule has 1 rings (SSSR count). The number of nitrogens with two attached hydrogens (primary N) is 1. The maximum Gasteiger partial charge on any atom is 0.222 e. The van der Waals surface area contributed by atoms with Gasteiger partial charge in [0.2, 0.25) is 5.91 Å². The van der Waals surface area contributed by atoms with Crippen LogP contribution in [-0.4, -0.2) is 29.9 Å². The Labute approximate surface area is 61.2 Å². The Balaban J connectivity index is 2.45. The van der Waals surface area contributed by atoms with Gasteiger partial charge in [0, 0.05) is 25.6 Å². The zero-order chi connectivity index (χ0) is 7.56. The number of rotatable bonds is 1. The summed E-state index contributed by atoms with van der Waals surface area (Å²) in [6, 6.07) is 0.206. The first-order chi connectivity index (χ1) is 4.74. The van der Waals surface area contributed by atoms with Crippen molar-refractivity contribution in [3.63, 3.8) is 0 Å². The van der Waals surface area contributed by atoms with Crippen LogP contribution in [0, 0.1) is 0 Å². The van der Waals surface area contributed by atoms with Crippen molar-refractivity contribution in [3.8, 4) is 0 Å². The van der Waals surface area contributed by atoms with Gasteiger partial charge in [0.05, 0.1) is 0 Å². The number of nitrogens with zero attached hydrogens (tertiary/aromatic N) is 1. The van der Waals surface area contributed by atoms with Crippen LogP contribution in [0.1, 0.15) is 19.8 Å². The third-order valence-electron chi connectivity index (χ3n) is 1.92. The molecule has 0 radical (unpaired) electrons. The second kappa shape index (κ2) is 3.01. The van der Waals surface area contributed by atoms with E-state index in [-0.39, 0.29) is 11.9 Å². The summed E-state index contributed by atoms with van der Waals surface area (Å²) in [5, 5.41) is 0. The second-order valence-corrected chi connectivity index (χ2v) is 2.73. The van der Waals surface area contributed by atoms with Crippen molar-refractivity contribution in [2.75, 3.05) is 13.1 Å². The number of hydrogen-bond acceptors (Lipinski definition) is 2. The molecule has 1 atom stereocenters. The minimum absolute atomic E-state index is 0.206. The van der Waals surface area contributed by atoms with Gasteiger partial charge in [-0.1, -0.05) is 0 Å². The van der Waals surface area contributed by atoms with Crippen LogP contribution in [0.3, 0.4) is 0 Å². The number of likely N-dealkylation sites (N-methyl/N-ethyl adjacent to an activating group) is 1. The molecule has 2 N–H and O–H groups in total. The molecule has 3 heteroatoms. The molecule has 1 amide bonds. The van der Waals surface area contributed by atoms with Crippen LogP contribution in [0.2, 0.25) is 0 Å². The standard InChI is InChI=1S/C7H14N2O/c1-2-9-5-6(8)3-4-7(9)10/h6H,2-5,8H2,1H3. The molecule has 3 nitrogen and oxygen atoms in total. The molecule has 0 aromatic carbocycles. The molecule has 1 aliphatic rings. The van der Waals surface area contributed by atoms with Gasteiger partial charge in [-0.15, -0.1) is 0 Å². The predicted octanol–water partition coefficient (Wildman–Crippen LogP) is -0.0440. The first-order valence-electron chi connectivity index (χ1n) is 3.77. The van der Waals surface area contributed by atoms with Crippen molar-refractivity contribution in [1.82, 2.24) is 4.90 Å². The van der Waals surface area contributed by atoms with Crippen LogP contribution < -0.4 is 5.73 Å². The minimum Gasteiger partial charge on any atom is -0.341 e. The minimum atomic E-state index is 0.206. The van der Waals surface area contributed by atoms with Crippen molar-refractivity contribution < 1.29 is 4.79 Å². The fourth-order valence-electron chi connectivity index (χ4n) is 1.25. The largest absolute Gasteiger partial charge is 0.341 e. The number of likely N-dealkylation sites (tertiary alicyclic amines) is 1. The van der Waals surface area contributed by atoms with E-state index in [2.05, 4.69) is 0 Å². The monoisotopic (exact) mass is 142 g/mol. The first-order valence-corrected chi connectivity index (χ1v) is 3.77. The van der Waals surface area contributed by atoms with Gasteiger partial charge in [-0.2, -0.15) is 0 Å². The molecular weight excluding hydrogens is 128 g/mol. The van der Waals surface area contributed by atoms with Crippen LogP contribution in [0.25, 0.3) is 0 Å². The highest BCUT2D eigenvalue weighted by atomic mass is 16.2. The lowest BCUT2D eigenvalue weighted by molar-refractivity contribution is -0.133. The molecule has 0 bridgehead atoms. The predicted molar refractivity (Wildman–Crippen MR) is 39.5 cm³/mol. The van der Waals surface area contributed by atoms with Gasteiger partial charge < -0.3 is 10.6 Å². The summed E-state index contributed by atoms with van der Waals surface area (Å²) in [7, 11) is 0. The number of hydrogen-bond donors (Lipinski definition) is 1. The second-order valence-electron chi connectivity index (χ2n) is 2.73. The molecular formula is C7H14N2O. The van der Waals surface area contributed by atoms with Crippen LogP contribution >= 0.6 is 0 Å². The van der Waals surface area contributed by atoms with Gasteiger partial charge >= 0.3 is 0 Å². The topological polar surface area (TPSA) is 46.3 Å². The molecule has 0 aromatic rings. The Hall–Kier alpha value is -0.570. The molecule has 0 aliphatic carbocycles. The highest BCUT2D eigenvalue weighted by Gasteiger charge is 2.20. The van der Waals surface area contributed by atoms with E-state index in [1.54, 1.807) is 0 Å². The highest BCUT2D eigenvalue weighted by Crippen LogP contribution is 2.08. The smallest absolute Gasteiger partial charge is 0.222 e. The van der Waals surface area contributed by atoms with Gasteiger partial charge in [-0.3, -0.25) is 4.79 Å². The molecule has 10 heavy (non-hydrogen) atoms. The van der Waals surface area contributed by atoms with E-state index in [1.165, 1.54) is 0 Å². The summed E-state index contributed by atoms with van der Waals surface area (Å²) in [4.78, 5) is 12.9. The molecule has 1 aliphatic heterocycles. The lowest BCUT2D eigenvalue weighted by Gasteiger charge is -2.29. The Bertz CT molecular complexity index is 136. The van der Waals surface area contributed by atoms with E-state index < -0.39 is 0 Å². The SMILES string of the molecule is CCN1CC(N)CCC1=O. The summed E-state index contributed by atoms with van der Waals surface area (Å²) in [6.45, 7) is 3.53. The van der Waals surface area contributed by atoms with Crippen molar-refractivity contribution in [1.29, 1.82) is 0 Å². The summed E-state index contributed by atoms with van der Waals surface area (Å²) >= 11 is 0. The zero-order valence-electron chi connectivity index (χ0n) is 6.34. The Kier molecular flexibility index (Phi) is 2.27. The maximum absolute atomic E-state index is 11.0. The van der Waals surface area contributed by atoms with Crippen LogP contribution in [-0.2, 0) is 4.79 Å². The molecule has 0 aromatic heterocycles. The zero-order valence-corrected chi connectivity index (χ0v) is 6.34. The molecule has 1 unspecified atom stereocenters. The van der Waals surface area contributed by atoms with Crippen LogP contribution in [0.15, 0.2) is 0 Å². The quantitative estimate of drug-likeness (QED) is 0.558. The third-order valence-corrected chi connectivity index (χ3v) is 1.92. The van der Waals surface area contributed by atoms with E-state index >= 15 is 0 Å². The van der Waals surface area contributed by atoms with E-state index in [4.69, 9.17) is 5.73 Å². The fourth-order valence-corrected chi connectivity index (χ4v) is 1.25. The fraction of sp³-hybridized carbons (Fsp3) is 0.857. The maximum atomic E-state index is 11.0. The first kappa shape index (κ1) is 7.54. The highest BCUT2D eigenvalue weighted by molar-refractivity contribution is 5.77. The number of amides is 1. The van der Waals surface area contributed by atoms with Crippen molar-refractivity contribution in [3.05, 3.63) is 0 Å². The van der Waals surface area contributed by atoms with E-state index in [1.807, 2.05) is 11.8 Å².